The average molecular weight is 458 g/mol. The van der Waals surface area contributed by atoms with E-state index in [1.54, 1.807) is 0 Å². The number of H-pyrrole nitrogens is 2. The molecule has 5 rings (SSSR count). The first-order chi connectivity index (χ1) is 14.8. The largest absolute Gasteiger partial charge is 0.453 e. The number of sulfone groups is 1. The lowest BCUT2D eigenvalue weighted by atomic mass is 10.1. The van der Waals surface area contributed by atoms with Crippen LogP contribution in [-0.2, 0) is 29.3 Å². The molecule has 1 aliphatic heterocycles. The maximum atomic E-state index is 12.4. The highest BCUT2D eigenvalue weighted by Crippen LogP contribution is 2.29. The summed E-state index contributed by atoms with van der Waals surface area (Å²) in [7, 11) is -3.56. The van der Waals surface area contributed by atoms with Crippen LogP contribution in [0.2, 0.25) is 0 Å². The van der Waals surface area contributed by atoms with Gasteiger partial charge in [0.15, 0.2) is 10.2 Å². The van der Waals surface area contributed by atoms with Crippen molar-refractivity contribution in [3.63, 3.8) is 0 Å². The molecule has 4 aromatic rings. The second-order valence-corrected chi connectivity index (χ2v) is 10.3. The normalized spacial score (nSPS) is 14.7. The number of furan rings is 1. The SMILES string of the molecule is CS(=O)(=O)c1nc2c(c(=O)[nH]1)CN(Cc1ccc(Sc3nc4ccccc4[nH]3)o1)CC2. The second-order valence-electron chi connectivity index (χ2n) is 7.41. The minimum atomic E-state index is -3.56. The van der Waals surface area contributed by atoms with Crippen LogP contribution in [0.1, 0.15) is 17.0 Å². The van der Waals surface area contributed by atoms with Crippen molar-refractivity contribution in [1.82, 2.24) is 24.8 Å². The summed E-state index contributed by atoms with van der Waals surface area (Å²) in [6.45, 7) is 1.57. The number of aromatic amines is 2. The Hall–Kier alpha value is -2.89. The van der Waals surface area contributed by atoms with Gasteiger partial charge in [-0.05, 0) is 36.0 Å². The number of benzene rings is 1. The summed E-state index contributed by atoms with van der Waals surface area (Å²) in [5, 5.41) is 1.21. The van der Waals surface area contributed by atoms with Gasteiger partial charge in [-0.1, -0.05) is 12.1 Å². The number of nitrogens with one attached hydrogen (secondary N) is 2. The Kier molecular flexibility index (Phi) is 4.95. The number of aromatic nitrogens is 4. The van der Waals surface area contributed by atoms with E-state index in [2.05, 4.69) is 24.8 Å². The molecule has 0 unspecified atom stereocenters. The molecule has 0 saturated carbocycles. The topological polar surface area (TPSA) is 125 Å². The monoisotopic (exact) mass is 457 g/mol. The Bertz CT molecular complexity index is 1400. The number of rotatable bonds is 5. The molecule has 0 bridgehead atoms. The van der Waals surface area contributed by atoms with Gasteiger partial charge in [0.25, 0.3) is 5.56 Å². The van der Waals surface area contributed by atoms with E-state index in [0.717, 1.165) is 33.3 Å². The predicted octanol–water partition coefficient (Wildman–Crippen LogP) is 2.35. The fourth-order valence-electron chi connectivity index (χ4n) is 3.56. The minimum Gasteiger partial charge on any atom is -0.453 e. The molecule has 0 amide bonds. The lowest BCUT2D eigenvalue weighted by molar-refractivity contribution is 0.216. The van der Waals surface area contributed by atoms with Crippen LogP contribution < -0.4 is 5.56 Å². The number of fused-ring (bicyclic) bond motifs is 2. The molecule has 4 heterocycles. The Balaban J connectivity index is 1.29. The summed E-state index contributed by atoms with van der Waals surface area (Å²) in [4.78, 5) is 28.8. The van der Waals surface area contributed by atoms with Gasteiger partial charge >= 0.3 is 0 Å². The van der Waals surface area contributed by atoms with Gasteiger partial charge in [-0.15, -0.1) is 0 Å². The molecule has 1 aliphatic rings. The van der Waals surface area contributed by atoms with Crippen molar-refractivity contribution in [3.8, 4) is 0 Å². The quantitative estimate of drug-likeness (QED) is 0.438. The first-order valence-electron chi connectivity index (χ1n) is 9.61. The number of nitrogens with zero attached hydrogens (tertiary/aromatic N) is 3. The van der Waals surface area contributed by atoms with E-state index in [1.807, 2.05) is 36.4 Å². The molecular formula is C20H19N5O4S2. The molecule has 0 atom stereocenters. The van der Waals surface area contributed by atoms with Crippen molar-refractivity contribution in [3.05, 3.63) is 63.8 Å². The highest BCUT2D eigenvalue weighted by molar-refractivity contribution is 7.99. The number of para-hydroxylation sites is 2. The fraction of sp³-hybridized carbons (Fsp3) is 0.250. The molecule has 9 nitrogen and oxygen atoms in total. The van der Waals surface area contributed by atoms with Gasteiger partial charge in [0.05, 0.1) is 28.8 Å². The first-order valence-corrected chi connectivity index (χ1v) is 12.3. The lowest BCUT2D eigenvalue weighted by Gasteiger charge is -2.26. The number of imidazole rings is 1. The van der Waals surface area contributed by atoms with Crippen molar-refractivity contribution in [2.24, 2.45) is 0 Å². The third kappa shape index (κ3) is 4.16. The molecular weight excluding hydrogens is 438 g/mol. The van der Waals surface area contributed by atoms with E-state index in [1.165, 1.54) is 11.8 Å². The van der Waals surface area contributed by atoms with E-state index in [9.17, 15) is 13.2 Å². The molecule has 3 aromatic heterocycles. The maximum Gasteiger partial charge on any atom is 0.256 e. The van der Waals surface area contributed by atoms with Crippen LogP contribution in [-0.4, -0.2) is 46.1 Å². The Labute approximate surface area is 181 Å². The molecule has 0 saturated heterocycles. The van der Waals surface area contributed by atoms with Crippen LogP contribution in [0.4, 0.5) is 0 Å². The van der Waals surface area contributed by atoms with Gasteiger partial charge in [-0.3, -0.25) is 14.7 Å². The van der Waals surface area contributed by atoms with Crippen molar-refractivity contribution in [2.45, 2.75) is 34.9 Å². The highest BCUT2D eigenvalue weighted by atomic mass is 32.2. The zero-order chi connectivity index (χ0) is 21.6. The molecule has 0 aliphatic carbocycles. The lowest BCUT2D eigenvalue weighted by Crippen LogP contribution is -2.36. The molecule has 0 radical (unpaired) electrons. The van der Waals surface area contributed by atoms with Crippen molar-refractivity contribution in [2.75, 3.05) is 12.8 Å². The smallest absolute Gasteiger partial charge is 0.256 e. The standard InChI is InChI=1S/C20H19N5O4S2/c1-31(27,28)20-23-14-8-9-25(11-13(14)18(26)24-20)10-12-6-7-17(29-12)30-19-21-15-4-2-3-5-16(15)22-19/h2-7H,8-11H2,1H3,(H,21,22)(H,23,24,26). The number of hydrogen-bond donors (Lipinski definition) is 2. The van der Waals surface area contributed by atoms with Crippen molar-refractivity contribution in [1.29, 1.82) is 0 Å². The molecule has 31 heavy (non-hydrogen) atoms. The van der Waals surface area contributed by atoms with E-state index in [0.29, 0.717) is 37.3 Å². The van der Waals surface area contributed by atoms with E-state index < -0.39 is 15.4 Å². The number of hydrogen-bond acceptors (Lipinski definition) is 8. The van der Waals surface area contributed by atoms with Gasteiger partial charge < -0.3 is 9.40 Å². The summed E-state index contributed by atoms with van der Waals surface area (Å²) < 4.78 is 29.3. The van der Waals surface area contributed by atoms with Crippen molar-refractivity contribution < 1.29 is 12.8 Å². The molecule has 0 fully saturated rings. The summed E-state index contributed by atoms with van der Waals surface area (Å²) >= 11 is 1.42. The summed E-state index contributed by atoms with van der Waals surface area (Å²) in [5.74, 6) is 0.777. The predicted molar refractivity (Wildman–Crippen MR) is 115 cm³/mol. The highest BCUT2D eigenvalue weighted by Gasteiger charge is 2.24. The molecule has 160 valence electrons. The zero-order valence-corrected chi connectivity index (χ0v) is 18.2. The summed E-state index contributed by atoms with van der Waals surface area (Å²) in [5.41, 5.74) is 2.52. The molecule has 2 N–H and O–H groups in total. The molecule has 1 aromatic carbocycles. The summed E-state index contributed by atoms with van der Waals surface area (Å²) in [6.07, 6.45) is 1.54. The third-order valence-corrected chi connectivity index (χ3v) is 6.76. The third-order valence-electron chi connectivity index (χ3n) is 5.06. The first kappa shape index (κ1) is 20.0. The van der Waals surface area contributed by atoms with Gasteiger partial charge in [0.2, 0.25) is 15.0 Å². The van der Waals surface area contributed by atoms with Crippen LogP contribution in [0.25, 0.3) is 11.0 Å². The minimum absolute atomic E-state index is 0.275. The Morgan fingerprint density at radius 3 is 2.81 bits per heavy atom. The van der Waals surface area contributed by atoms with Gasteiger partial charge in [0.1, 0.15) is 5.76 Å². The average Bonchev–Trinajstić information content (AvgIpc) is 3.33. The maximum absolute atomic E-state index is 12.4. The van der Waals surface area contributed by atoms with E-state index in [4.69, 9.17) is 4.42 Å². The van der Waals surface area contributed by atoms with Crippen LogP contribution in [0, 0.1) is 0 Å². The van der Waals surface area contributed by atoms with E-state index in [-0.39, 0.29) is 5.16 Å². The van der Waals surface area contributed by atoms with Crippen molar-refractivity contribution >= 4 is 32.6 Å². The van der Waals surface area contributed by atoms with Crippen LogP contribution in [0.5, 0.6) is 0 Å². The Morgan fingerprint density at radius 2 is 2.00 bits per heavy atom. The summed E-state index contributed by atoms with van der Waals surface area (Å²) in [6, 6.07) is 11.6. The Morgan fingerprint density at radius 1 is 1.16 bits per heavy atom. The van der Waals surface area contributed by atoms with Crippen LogP contribution in [0.3, 0.4) is 0 Å². The van der Waals surface area contributed by atoms with Crippen LogP contribution >= 0.6 is 11.8 Å². The van der Waals surface area contributed by atoms with E-state index >= 15 is 0 Å². The van der Waals surface area contributed by atoms with Crippen LogP contribution in [0.15, 0.2) is 61.0 Å². The van der Waals surface area contributed by atoms with Gasteiger partial charge in [0, 0.05) is 25.8 Å². The fourth-order valence-corrected chi connectivity index (χ4v) is 4.89. The molecule has 11 heteroatoms. The second kappa shape index (κ2) is 7.66. The van der Waals surface area contributed by atoms with Gasteiger partial charge in [-0.25, -0.2) is 18.4 Å². The van der Waals surface area contributed by atoms with Gasteiger partial charge in [-0.2, -0.15) is 0 Å². The molecule has 0 spiro atoms. The zero-order valence-electron chi connectivity index (χ0n) is 16.6.